The number of fused-ring (bicyclic) bond motifs is 5. The minimum Gasteiger partial charge on any atom is -0.355 e. The summed E-state index contributed by atoms with van der Waals surface area (Å²) in [6, 6.07) is 0. The number of carbonyl (C=O) groups excluding carboxylic acids is 3. The third kappa shape index (κ3) is 3.44. The normalized spacial score (nSPS) is 31.4. The largest absolute Gasteiger partial charge is 0.355 e. The van der Waals surface area contributed by atoms with Gasteiger partial charge in [0.25, 0.3) is 0 Å². The standard InChI is InChI=1S/C19H27N5O3/c1-20-19(22-7-6-21-16(25)11-2-3-11)23-8-9-24-17(26)14-12-4-5-13(10-12)15(14)18(24)27/h4-5,11-15H,2-3,6-10H2,1H3,(H,21,25)(H2,20,22,23). The predicted molar refractivity (Wildman–Crippen MR) is 99.5 cm³/mol. The van der Waals surface area contributed by atoms with Crippen molar-refractivity contribution in [2.45, 2.75) is 19.3 Å². The van der Waals surface area contributed by atoms with E-state index in [-0.39, 0.29) is 47.3 Å². The Morgan fingerprint density at radius 2 is 1.63 bits per heavy atom. The van der Waals surface area contributed by atoms with Gasteiger partial charge in [0, 0.05) is 39.1 Å². The predicted octanol–water partition coefficient (Wildman–Crippen LogP) is -0.515. The lowest BCUT2D eigenvalue weighted by Crippen LogP contribution is -2.45. The first-order valence-corrected chi connectivity index (χ1v) is 9.86. The van der Waals surface area contributed by atoms with Gasteiger partial charge in [-0.1, -0.05) is 12.2 Å². The molecule has 4 atom stereocenters. The van der Waals surface area contributed by atoms with E-state index in [4.69, 9.17) is 0 Å². The smallest absolute Gasteiger partial charge is 0.233 e. The molecule has 3 amide bonds. The summed E-state index contributed by atoms with van der Waals surface area (Å²) in [6.07, 6.45) is 7.15. The molecule has 3 aliphatic carbocycles. The number of imide groups is 1. The molecule has 4 rings (SSSR count). The Morgan fingerprint density at radius 3 is 2.22 bits per heavy atom. The van der Waals surface area contributed by atoms with E-state index in [1.54, 1.807) is 7.05 Å². The molecule has 0 aromatic heterocycles. The molecule has 0 radical (unpaired) electrons. The molecular weight excluding hydrogens is 346 g/mol. The van der Waals surface area contributed by atoms with Crippen molar-refractivity contribution >= 4 is 23.7 Å². The van der Waals surface area contributed by atoms with Gasteiger partial charge in [-0.3, -0.25) is 24.3 Å². The lowest BCUT2D eigenvalue weighted by molar-refractivity contribution is -0.140. The van der Waals surface area contributed by atoms with Gasteiger partial charge in [0.05, 0.1) is 11.8 Å². The molecule has 1 heterocycles. The molecule has 3 N–H and O–H groups in total. The summed E-state index contributed by atoms with van der Waals surface area (Å²) in [5.41, 5.74) is 0. The SMILES string of the molecule is CN=C(NCCNC(=O)C1CC1)NCCN1C(=O)C2C3C=CC(C3)C2C1=O. The Hall–Kier alpha value is -2.38. The molecule has 27 heavy (non-hydrogen) atoms. The summed E-state index contributed by atoms with van der Waals surface area (Å²) in [4.78, 5) is 42.4. The molecule has 0 aromatic rings. The van der Waals surface area contributed by atoms with Crippen molar-refractivity contribution in [3.63, 3.8) is 0 Å². The van der Waals surface area contributed by atoms with Crippen LogP contribution in [-0.4, -0.2) is 61.8 Å². The molecular formula is C19H27N5O3. The average Bonchev–Trinajstić information content (AvgIpc) is 3.25. The number of hydrogen-bond acceptors (Lipinski definition) is 4. The van der Waals surface area contributed by atoms with Crippen LogP contribution >= 0.6 is 0 Å². The van der Waals surface area contributed by atoms with Crippen LogP contribution in [0.3, 0.4) is 0 Å². The Kier molecular flexibility index (Phi) is 4.88. The number of carbonyl (C=O) groups is 3. The number of allylic oxidation sites excluding steroid dienone is 2. The minimum atomic E-state index is -0.139. The molecule has 2 bridgehead atoms. The number of amides is 3. The summed E-state index contributed by atoms with van der Waals surface area (Å²) >= 11 is 0. The van der Waals surface area contributed by atoms with Gasteiger partial charge in [0.15, 0.2) is 5.96 Å². The fraction of sp³-hybridized carbons (Fsp3) is 0.684. The molecule has 3 fully saturated rings. The maximum atomic E-state index is 12.6. The number of aliphatic imine (C=N–C) groups is 1. The Labute approximate surface area is 158 Å². The van der Waals surface area contributed by atoms with Gasteiger partial charge in [-0.15, -0.1) is 0 Å². The molecule has 2 saturated carbocycles. The van der Waals surface area contributed by atoms with Crippen molar-refractivity contribution in [2.75, 3.05) is 33.2 Å². The Balaban J connectivity index is 1.18. The first-order chi connectivity index (χ1) is 13.1. The second-order valence-electron chi connectivity index (χ2n) is 7.82. The summed E-state index contributed by atoms with van der Waals surface area (Å²) in [7, 11) is 1.66. The molecule has 0 spiro atoms. The summed E-state index contributed by atoms with van der Waals surface area (Å²) in [5, 5.41) is 9.14. The van der Waals surface area contributed by atoms with Gasteiger partial charge in [0.2, 0.25) is 17.7 Å². The lowest BCUT2D eigenvalue weighted by atomic mass is 9.85. The van der Waals surface area contributed by atoms with Crippen LogP contribution in [0.25, 0.3) is 0 Å². The van der Waals surface area contributed by atoms with Crippen LogP contribution in [0.4, 0.5) is 0 Å². The molecule has 8 heteroatoms. The van der Waals surface area contributed by atoms with E-state index in [9.17, 15) is 14.4 Å². The quantitative estimate of drug-likeness (QED) is 0.183. The fourth-order valence-corrected chi connectivity index (χ4v) is 4.55. The van der Waals surface area contributed by atoms with Crippen molar-refractivity contribution in [3.8, 4) is 0 Å². The monoisotopic (exact) mass is 373 g/mol. The van der Waals surface area contributed by atoms with Gasteiger partial charge in [-0.2, -0.15) is 0 Å². The van der Waals surface area contributed by atoms with E-state index in [0.717, 1.165) is 19.3 Å². The van der Waals surface area contributed by atoms with E-state index < -0.39 is 0 Å². The number of likely N-dealkylation sites (tertiary alicyclic amines) is 1. The Bertz CT molecular complexity index is 669. The lowest BCUT2D eigenvalue weighted by Gasteiger charge is -2.18. The molecule has 4 aliphatic rings. The van der Waals surface area contributed by atoms with Crippen LogP contribution in [-0.2, 0) is 14.4 Å². The van der Waals surface area contributed by atoms with Crippen molar-refractivity contribution in [3.05, 3.63) is 12.2 Å². The zero-order valence-corrected chi connectivity index (χ0v) is 15.6. The zero-order valence-electron chi connectivity index (χ0n) is 15.6. The molecule has 1 saturated heterocycles. The van der Waals surface area contributed by atoms with Crippen molar-refractivity contribution in [1.29, 1.82) is 0 Å². The van der Waals surface area contributed by atoms with Gasteiger partial charge in [0.1, 0.15) is 0 Å². The number of hydrogen-bond donors (Lipinski definition) is 3. The second kappa shape index (κ2) is 7.32. The number of guanidine groups is 1. The van der Waals surface area contributed by atoms with Crippen LogP contribution in [0.15, 0.2) is 17.1 Å². The fourth-order valence-electron chi connectivity index (χ4n) is 4.55. The average molecular weight is 373 g/mol. The number of nitrogens with one attached hydrogen (secondary N) is 3. The van der Waals surface area contributed by atoms with Crippen LogP contribution < -0.4 is 16.0 Å². The van der Waals surface area contributed by atoms with E-state index in [1.165, 1.54) is 4.90 Å². The first-order valence-electron chi connectivity index (χ1n) is 9.86. The highest BCUT2D eigenvalue weighted by Gasteiger charge is 2.58. The maximum Gasteiger partial charge on any atom is 0.233 e. The molecule has 146 valence electrons. The van der Waals surface area contributed by atoms with E-state index >= 15 is 0 Å². The maximum absolute atomic E-state index is 12.6. The van der Waals surface area contributed by atoms with E-state index in [2.05, 4.69) is 33.1 Å². The topological polar surface area (TPSA) is 103 Å². The van der Waals surface area contributed by atoms with Gasteiger partial charge in [-0.25, -0.2) is 0 Å². The molecule has 1 aliphatic heterocycles. The van der Waals surface area contributed by atoms with Crippen molar-refractivity contribution < 1.29 is 14.4 Å². The summed E-state index contributed by atoms with van der Waals surface area (Å²) in [5.74, 6) is 1.10. The van der Waals surface area contributed by atoms with Gasteiger partial charge >= 0.3 is 0 Å². The van der Waals surface area contributed by atoms with Crippen LogP contribution in [0.5, 0.6) is 0 Å². The second-order valence-corrected chi connectivity index (χ2v) is 7.82. The highest BCUT2D eigenvalue weighted by atomic mass is 16.2. The van der Waals surface area contributed by atoms with Crippen LogP contribution in [0, 0.1) is 29.6 Å². The van der Waals surface area contributed by atoms with Crippen LogP contribution in [0.1, 0.15) is 19.3 Å². The summed E-state index contributed by atoms with van der Waals surface area (Å²) in [6.45, 7) is 1.91. The van der Waals surface area contributed by atoms with E-state index in [1.807, 2.05) is 0 Å². The van der Waals surface area contributed by atoms with E-state index in [0.29, 0.717) is 32.1 Å². The molecule has 0 aromatic carbocycles. The number of nitrogens with zero attached hydrogens (tertiary/aromatic N) is 2. The summed E-state index contributed by atoms with van der Waals surface area (Å²) < 4.78 is 0. The van der Waals surface area contributed by atoms with Gasteiger partial charge in [-0.05, 0) is 31.1 Å². The zero-order chi connectivity index (χ0) is 19.0. The highest BCUT2D eigenvalue weighted by Crippen LogP contribution is 2.52. The first kappa shape index (κ1) is 18.0. The third-order valence-corrected chi connectivity index (χ3v) is 6.08. The third-order valence-electron chi connectivity index (χ3n) is 6.08. The van der Waals surface area contributed by atoms with Crippen LogP contribution in [0.2, 0.25) is 0 Å². The minimum absolute atomic E-state index is 0.0191. The van der Waals surface area contributed by atoms with Gasteiger partial charge < -0.3 is 16.0 Å². The molecule has 8 nitrogen and oxygen atoms in total. The highest BCUT2D eigenvalue weighted by molar-refractivity contribution is 6.06. The van der Waals surface area contributed by atoms with Crippen molar-refractivity contribution in [2.24, 2.45) is 34.6 Å². The van der Waals surface area contributed by atoms with Crippen molar-refractivity contribution in [1.82, 2.24) is 20.9 Å². The number of rotatable bonds is 7. The molecule has 4 unspecified atom stereocenters. The Morgan fingerprint density at radius 1 is 1.04 bits per heavy atom.